The summed E-state index contributed by atoms with van der Waals surface area (Å²) in [5.41, 5.74) is 0.953. The SMILES string of the molecule is Cc1cc2c(Br)cncc2cc1N([O-])O. The molecule has 0 bridgehead atoms. The lowest BCUT2D eigenvalue weighted by Gasteiger charge is -2.24. The molecule has 0 aliphatic heterocycles. The fraction of sp³-hybridized carbons (Fsp3) is 0.100. The molecule has 0 aliphatic rings. The van der Waals surface area contributed by atoms with E-state index < -0.39 is 0 Å². The Kier molecular flexibility index (Phi) is 2.60. The maximum absolute atomic E-state index is 10.8. The molecule has 1 N–H and O–H groups in total. The van der Waals surface area contributed by atoms with E-state index in [1.165, 1.54) is 0 Å². The number of halogens is 1. The summed E-state index contributed by atoms with van der Waals surface area (Å²) in [6, 6.07) is 3.44. The monoisotopic (exact) mass is 267 g/mol. The van der Waals surface area contributed by atoms with E-state index >= 15 is 0 Å². The predicted molar refractivity (Wildman–Crippen MR) is 61.8 cm³/mol. The summed E-state index contributed by atoms with van der Waals surface area (Å²) in [5, 5.41) is 21.4. The van der Waals surface area contributed by atoms with Crippen molar-refractivity contribution in [2.45, 2.75) is 6.92 Å². The summed E-state index contributed by atoms with van der Waals surface area (Å²) < 4.78 is 0.866. The zero-order chi connectivity index (χ0) is 11.0. The third-order valence-electron chi connectivity index (χ3n) is 2.23. The molecule has 0 unspecified atom stereocenters. The predicted octanol–water partition coefficient (Wildman–Crippen LogP) is 3.00. The molecule has 0 atom stereocenters. The molecule has 1 heterocycles. The Morgan fingerprint density at radius 3 is 2.80 bits per heavy atom. The number of fused-ring (bicyclic) bond motifs is 1. The van der Waals surface area contributed by atoms with Crippen molar-refractivity contribution in [2.24, 2.45) is 0 Å². The van der Waals surface area contributed by atoms with E-state index in [0.29, 0.717) is 5.56 Å². The number of aryl methyl sites for hydroxylation is 1. The van der Waals surface area contributed by atoms with Gasteiger partial charge >= 0.3 is 0 Å². The van der Waals surface area contributed by atoms with Crippen LogP contribution < -0.4 is 5.23 Å². The van der Waals surface area contributed by atoms with Gasteiger partial charge in [-0.25, -0.2) is 0 Å². The quantitative estimate of drug-likeness (QED) is 0.807. The van der Waals surface area contributed by atoms with Crippen LogP contribution in [-0.2, 0) is 0 Å². The van der Waals surface area contributed by atoms with Gasteiger partial charge in [-0.1, -0.05) is 0 Å². The Balaban J connectivity index is 2.76. The summed E-state index contributed by atoms with van der Waals surface area (Å²) in [7, 11) is 0. The number of aromatic nitrogens is 1. The minimum Gasteiger partial charge on any atom is -0.733 e. The molecule has 1 aromatic heterocycles. The number of nitrogens with zero attached hydrogens (tertiary/aromatic N) is 2. The molecule has 4 nitrogen and oxygen atoms in total. The Bertz CT molecular complexity index is 514. The fourth-order valence-electron chi connectivity index (χ4n) is 1.48. The second kappa shape index (κ2) is 3.77. The van der Waals surface area contributed by atoms with Crippen LogP contribution in [0, 0.1) is 12.1 Å². The van der Waals surface area contributed by atoms with Gasteiger partial charge in [-0.2, -0.15) is 0 Å². The number of pyridine rings is 1. The lowest BCUT2D eigenvalue weighted by molar-refractivity contribution is 0.296. The number of hydrogen-bond acceptors (Lipinski definition) is 4. The van der Waals surface area contributed by atoms with Gasteiger partial charge in [0, 0.05) is 22.3 Å². The van der Waals surface area contributed by atoms with Crippen molar-refractivity contribution in [3.8, 4) is 0 Å². The third kappa shape index (κ3) is 1.81. The van der Waals surface area contributed by atoms with Gasteiger partial charge in [-0.05, 0) is 45.9 Å². The first kappa shape index (κ1) is 10.4. The van der Waals surface area contributed by atoms with Gasteiger partial charge in [-0.3, -0.25) is 10.2 Å². The maximum Gasteiger partial charge on any atom is 0.0544 e. The largest absolute Gasteiger partial charge is 0.733 e. The van der Waals surface area contributed by atoms with E-state index in [2.05, 4.69) is 20.9 Å². The molecule has 78 valence electrons. The van der Waals surface area contributed by atoms with Crippen LogP contribution in [0.2, 0.25) is 0 Å². The molecule has 0 amide bonds. The van der Waals surface area contributed by atoms with Gasteiger partial charge in [0.25, 0.3) is 0 Å². The van der Waals surface area contributed by atoms with Crippen molar-refractivity contribution >= 4 is 32.4 Å². The molecule has 5 heteroatoms. The van der Waals surface area contributed by atoms with E-state index in [1.807, 2.05) is 6.07 Å². The van der Waals surface area contributed by atoms with E-state index in [1.54, 1.807) is 25.4 Å². The molecule has 0 spiro atoms. The second-order valence-corrected chi connectivity index (χ2v) is 4.11. The highest BCUT2D eigenvalue weighted by Gasteiger charge is 2.04. The van der Waals surface area contributed by atoms with Crippen LogP contribution in [0.5, 0.6) is 0 Å². The Morgan fingerprint density at radius 2 is 2.13 bits per heavy atom. The van der Waals surface area contributed by atoms with E-state index in [-0.39, 0.29) is 10.9 Å². The minimum absolute atomic E-state index is 0.129. The van der Waals surface area contributed by atoms with Crippen LogP contribution in [0.4, 0.5) is 5.69 Å². The lowest BCUT2D eigenvalue weighted by atomic mass is 10.1. The van der Waals surface area contributed by atoms with Crippen molar-refractivity contribution in [1.82, 2.24) is 4.98 Å². The van der Waals surface area contributed by atoms with Crippen molar-refractivity contribution in [3.63, 3.8) is 0 Å². The maximum atomic E-state index is 10.8. The van der Waals surface area contributed by atoms with Gasteiger partial charge in [0.1, 0.15) is 0 Å². The zero-order valence-electron chi connectivity index (χ0n) is 7.94. The lowest BCUT2D eigenvalue weighted by Crippen LogP contribution is -2.08. The molecule has 0 fully saturated rings. The average Bonchev–Trinajstić information content (AvgIpc) is 2.18. The Labute approximate surface area is 94.8 Å². The number of hydrogen-bond donors (Lipinski definition) is 1. The normalized spacial score (nSPS) is 10.7. The van der Waals surface area contributed by atoms with Gasteiger partial charge in [0.15, 0.2) is 0 Å². The van der Waals surface area contributed by atoms with Crippen LogP contribution >= 0.6 is 15.9 Å². The first-order valence-corrected chi connectivity index (χ1v) is 5.09. The minimum atomic E-state index is -0.129. The van der Waals surface area contributed by atoms with E-state index in [0.717, 1.165) is 15.2 Å². The van der Waals surface area contributed by atoms with Crippen LogP contribution in [-0.4, -0.2) is 10.2 Å². The highest BCUT2D eigenvalue weighted by Crippen LogP contribution is 2.29. The highest BCUT2D eigenvalue weighted by atomic mass is 79.9. The van der Waals surface area contributed by atoms with Gasteiger partial charge in [-0.15, -0.1) is 0 Å². The number of anilines is 1. The van der Waals surface area contributed by atoms with Gasteiger partial charge in [0.05, 0.1) is 5.69 Å². The smallest absolute Gasteiger partial charge is 0.0544 e. The second-order valence-electron chi connectivity index (χ2n) is 3.25. The molecule has 0 aliphatic carbocycles. The van der Waals surface area contributed by atoms with E-state index in [9.17, 15) is 5.21 Å². The summed E-state index contributed by atoms with van der Waals surface area (Å²) in [6.45, 7) is 1.77. The first-order valence-electron chi connectivity index (χ1n) is 4.29. The van der Waals surface area contributed by atoms with Crippen molar-refractivity contribution in [1.29, 1.82) is 0 Å². The third-order valence-corrected chi connectivity index (χ3v) is 2.86. The fourth-order valence-corrected chi connectivity index (χ4v) is 1.95. The molecule has 0 saturated carbocycles. The van der Waals surface area contributed by atoms with Crippen LogP contribution in [0.3, 0.4) is 0 Å². The summed E-state index contributed by atoms with van der Waals surface area (Å²) in [5.74, 6) is 0. The first-order chi connectivity index (χ1) is 7.09. The Morgan fingerprint density at radius 1 is 1.40 bits per heavy atom. The molecular formula is C10H8BrN2O2-. The summed E-state index contributed by atoms with van der Waals surface area (Å²) in [6.07, 6.45) is 3.34. The van der Waals surface area contributed by atoms with Crippen molar-refractivity contribution in [2.75, 3.05) is 5.23 Å². The topological polar surface area (TPSA) is 59.4 Å². The molecular weight excluding hydrogens is 260 g/mol. The van der Waals surface area contributed by atoms with Crippen molar-refractivity contribution in [3.05, 3.63) is 39.8 Å². The van der Waals surface area contributed by atoms with Gasteiger partial charge in [0.2, 0.25) is 0 Å². The molecule has 15 heavy (non-hydrogen) atoms. The number of benzene rings is 1. The van der Waals surface area contributed by atoms with Crippen LogP contribution in [0.15, 0.2) is 29.0 Å². The zero-order valence-corrected chi connectivity index (χ0v) is 9.52. The molecule has 2 aromatic rings. The molecule has 2 rings (SSSR count). The van der Waals surface area contributed by atoms with Crippen LogP contribution in [0.25, 0.3) is 10.8 Å². The highest BCUT2D eigenvalue weighted by molar-refractivity contribution is 9.10. The summed E-state index contributed by atoms with van der Waals surface area (Å²) in [4.78, 5) is 3.99. The molecule has 1 aromatic carbocycles. The standard InChI is InChI=1S/C10H8BrN2O2/c1-6-2-8-7(3-10(6)13(14)15)4-12-5-9(8)11/h2-5,14H,1H3/q-1. The van der Waals surface area contributed by atoms with E-state index in [4.69, 9.17) is 5.21 Å². The molecule has 0 saturated heterocycles. The number of rotatable bonds is 1. The van der Waals surface area contributed by atoms with Crippen LogP contribution in [0.1, 0.15) is 5.56 Å². The van der Waals surface area contributed by atoms with Crippen molar-refractivity contribution < 1.29 is 5.21 Å². The average molecular weight is 268 g/mol. The summed E-state index contributed by atoms with van der Waals surface area (Å²) >= 11 is 3.38. The molecule has 0 radical (unpaired) electrons. The van der Waals surface area contributed by atoms with Gasteiger partial charge < -0.3 is 10.4 Å². The Hall–Kier alpha value is -1.17.